The SMILES string of the molecule is c1ccc2c(CCNCC3CCCCC3)c[nH]c2c1. The summed E-state index contributed by atoms with van der Waals surface area (Å²) in [6.07, 6.45) is 10.5. The van der Waals surface area contributed by atoms with Crippen molar-refractivity contribution in [3.05, 3.63) is 36.0 Å². The minimum Gasteiger partial charge on any atom is -0.361 e. The fourth-order valence-electron chi connectivity index (χ4n) is 3.26. The van der Waals surface area contributed by atoms with E-state index in [0.29, 0.717) is 0 Å². The summed E-state index contributed by atoms with van der Waals surface area (Å²) in [5.74, 6) is 0.928. The second-order valence-electron chi connectivity index (χ2n) is 5.82. The molecule has 102 valence electrons. The van der Waals surface area contributed by atoms with Crippen molar-refractivity contribution in [2.75, 3.05) is 13.1 Å². The third kappa shape index (κ3) is 3.19. The van der Waals surface area contributed by atoms with Gasteiger partial charge in [0.05, 0.1) is 0 Å². The van der Waals surface area contributed by atoms with Crippen LogP contribution < -0.4 is 5.32 Å². The Morgan fingerprint density at radius 1 is 1.11 bits per heavy atom. The molecule has 1 fully saturated rings. The van der Waals surface area contributed by atoms with E-state index in [1.165, 1.54) is 55.1 Å². The monoisotopic (exact) mass is 256 g/mol. The van der Waals surface area contributed by atoms with Crippen molar-refractivity contribution in [3.8, 4) is 0 Å². The predicted molar refractivity (Wildman–Crippen MR) is 81.4 cm³/mol. The van der Waals surface area contributed by atoms with Crippen molar-refractivity contribution >= 4 is 10.9 Å². The van der Waals surface area contributed by atoms with Gasteiger partial charge in [0.2, 0.25) is 0 Å². The normalized spacial score (nSPS) is 17.1. The highest BCUT2D eigenvalue weighted by molar-refractivity contribution is 5.83. The first-order valence-corrected chi connectivity index (χ1v) is 7.69. The van der Waals surface area contributed by atoms with E-state index in [4.69, 9.17) is 0 Å². The molecule has 0 bridgehead atoms. The number of para-hydroxylation sites is 1. The molecule has 0 unspecified atom stereocenters. The van der Waals surface area contributed by atoms with Crippen LogP contribution in [0.1, 0.15) is 37.7 Å². The Hall–Kier alpha value is -1.28. The van der Waals surface area contributed by atoms with Crippen LogP contribution in [0.4, 0.5) is 0 Å². The van der Waals surface area contributed by atoms with Crippen molar-refractivity contribution in [1.29, 1.82) is 0 Å². The fourth-order valence-corrected chi connectivity index (χ4v) is 3.26. The Kier molecular flexibility index (Phi) is 4.19. The summed E-state index contributed by atoms with van der Waals surface area (Å²) >= 11 is 0. The zero-order valence-corrected chi connectivity index (χ0v) is 11.6. The molecule has 1 saturated carbocycles. The summed E-state index contributed by atoms with van der Waals surface area (Å²) in [5.41, 5.74) is 2.69. The topological polar surface area (TPSA) is 27.8 Å². The minimum atomic E-state index is 0.928. The van der Waals surface area contributed by atoms with Gasteiger partial charge in [0.1, 0.15) is 0 Å². The quantitative estimate of drug-likeness (QED) is 0.781. The van der Waals surface area contributed by atoms with E-state index in [0.717, 1.165) is 18.9 Å². The van der Waals surface area contributed by atoms with Crippen molar-refractivity contribution in [3.63, 3.8) is 0 Å². The van der Waals surface area contributed by atoms with E-state index >= 15 is 0 Å². The zero-order valence-electron chi connectivity index (χ0n) is 11.6. The van der Waals surface area contributed by atoms with Gasteiger partial charge in [0, 0.05) is 17.1 Å². The average molecular weight is 256 g/mol. The van der Waals surface area contributed by atoms with Crippen LogP contribution in [-0.2, 0) is 6.42 Å². The van der Waals surface area contributed by atoms with Crippen LogP contribution >= 0.6 is 0 Å². The Morgan fingerprint density at radius 3 is 2.84 bits per heavy atom. The van der Waals surface area contributed by atoms with Gasteiger partial charge in [-0.1, -0.05) is 37.5 Å². The molecule has 2 nitrogen and oxygen atoms in total. The molecular formula is C17H24N2. The molecule has 3 rings (SSSR count). The molecule has 0 atom stereocenters. The second-order valence-corrected chi connectivity index (χ2v) is 5.82. The molecule has 0 amide bonds. The number of aromatic amines is 1. The summed E-state index contributed by atoms with van der Waals surface area (Å²) < 4.78 is 0. The van der Waals surface area contributed by atoms with Crippen LogP contribution in [0.5, 0.6) is 0 Å². The largest absolute Gasteiger partial charge is 0.361 e. The Morgan fingerprint density at radius 2 is 1.95 bits per heavy atom. The number of H-pyrrole nitrogens is 1. The molecule has 1 aliphatic carbocycles. The van der Waals surface area contributed by atoms with Gasteiger partial charge in [-0.05, 0) is 49.9 Å². The molecule has 2 N–H and O–H groups in total. The molecule has 0 radical (unpaired) electrons. The van der Waals surface area contributed by atoms with Gasteiger partial charge in [-0.2, -0.15) is 0 Å². The number of hydrogen-bond acceptors (Lipinski definition) is 1. The van der Waals surface area contributed by atoms with Gasteiger partial charge >= 0.3 is 0 Å². The summed E-state index contributed by atoms with van der Waals surface area (Å²) in [7, 11) is 0. The van der Waals surface area contributed by atoms with Crippen molar-refractivity contribution in [2.45, 2.75) is 38.5 Å². The predicted octanol–water partition coefficient (Wildman–Crippen LogP) is 3.88. The van der Waals surface area contributed by atoms with Crippen molar-refractivity contribution in [2.24, 2.45) is 5.92 Å². The van der Waals surface area contributed by atoms with E-state index in [-0.39, 0.29) is 0 Å². The number of fused-ring (bicyclic) bond motifs is 1. The number of aromatic nitrogens is 1. The highest BCUT2D eigenvalue weighted by Gasteiger charge is 2.12. The van der Waals surface area contributed by atoms with E-state index in [1.54, 1.807) is 0 Å². The Labute approximate surface area is 115 Å². The van der Waals surface area contributed by atoms with E-state index in [9.17, 15) is 0 Å². The lowest BCUT2D eigenvalue weighted by molar-refractivity contribution is 0.343. The number of benzene rings is 1. The van der Waals surface area contributed by atoms with Crippen molar-refractivity contribution < 1.29 is 0 Å². The lowest BCUT2D eigenvalue weighted by Crippen LogP contribution is -2.26. The fraction of sp³-hybridized carbons (Fsp3) is 0.529. The molecule has 0 aliphatic heterocycles. The van der Waals surface area contributed by atoms with Gasteiger partial charge in [0.25, 0.3) is 0 Å². The van der Waals surface area contributed by atoms with Crippen LogP contribution in [0, 0.1) is 5.92 Å². The summed E-state index contributed by atoms with van der Waals surface area (Å²) in [4.78, 5) is 3.35. The molecule has 1 aliphatic rings. The molecule has 1 aromatic heterocycles. The molecule has 2 aromatic rings. The lowest BCUT2D eigenvalue weighted by Gasteiger charge is -2.21. The molecule has 0 saturated heterocycles. The maximum atomic E-state index is 3.64. The standard InChI is InChI=1S/C17H24N2/c1-2-6-14(7-3-1)12-18-11-10-15-13-19-17-9-5-4-8-16(15)17/h4-5,8-9,13-14,18-19H,1-3,6-7,10-12H2. The third-order valence-electron chi connectivity index (χ3n) is 4.40. The van der Waals surface area contributed by atoms with E-state index in [2.05, 4.69) is 40.8 Å². The summed E-state index contributed by atoms with van der Waals surface area (Å²) in [5, 5.41) is 5.02. The first-order chi connectivity index (χ1) is 9.43. The molecule has 1 aromatic carbocycles. The van der Waals surface area contributed by atoms with Gasteiger partial charge in [-0.3, -0.25) is 0 Å². The molecule has 0 spiro atoms. The number of nitrogens with one attached hydrogen (secondary N) is 2. The van der Waals surface area contributed by atoms with Gasteiger partial charge in [-0.25, -0.2) is 0 Å². The highest BCUT2D eigenvalue weighted by atomic mass is 14.9. The highest BCUT2D eigenvalue weighted by Crippen LogP contribution is 2.23. The van der Waals surface area contributed by atoms with E-state index < -0.39 is 0 Å². The Bertz CT molecular complexity index is 509. The number of hydrogen-bond donors (Lipinski definition) is 2. The Balaban J connectivity index is 1.47. The first-order valence-electron chi connectivity index (χ1n) is 7.69. The van der Waals surface area contributed by atoms with Crippen LogP contribution in [0.25, 0.3) is 10.9 Å². The molecule has 1 heterocycles. The van der Waals surface area contributed by atoms with Crippen LogP contribution in [0.3, 0.4) is 0 Å². The molecule has 2 heteroatoms. The number of rotatable bonds is 5. The smallest absolute Gasteiger partial charge is 0.0456 e. The summed E-state index contributed by atoms with van der Waals surface area (Å²) in [6, 6.07) is 8.57. The lowest BCUT2D eigenvalue weighted by atomic mass is 9.89. The maximum Gasteiger partial charge on any atom is 0.0456 e. The summed E-state index contributed by atoms with van der Waals surface area (Å²) in [6.45, 7) is 2.31. The zero-order chi connectivity index (χ0) is 12.9. The molecule has 19 heavy (non-hydrogen) atoms. The van der Waals surface area contributed by atoms with E-state index in [1.807, 2.05) is 0 Å². The van der Waals surface area contributed by atoms with Gasteiger partial charge in [0.15, 0.2) is 0 Å². The first kappa shape index (κ1) is 12.7. The third-order valence-corrected chi connectivity index (χ3v) is 4.40. The van der Waals surface area contributed by atoms with Gasteiger partial charge < -0.3 is 10.3 Å². The second kappa shape index (κ2) is 6.25. The van der Waals surface area contributed by atoms with Crippen molar-refractivity contribution in [1.82, 2.24) is 10.3 Å². The van der Waals surface area contributed by atoms with Crippen LogP contribution in [-0.4, -0.2) is 18.1 Å². The van der Waals surface area contributed by atoms with Crippen LogP contribution in [0.2, 0.25) is 0 Å². The maximum absolute atomic E-state index is 3.64. The van der Waals surface area contributed by atoms with Crippen LogP contribution in [0.15, 0.2) is 30.5 Å². The van der Waals surface area contributed by atoms with Gasteiger partial charge in [-0.15, -0.1) is 0 Å². The minimum absolute atomic E-state index is 0.928. The molecular weight excluding hydrogens is 232 g/mol. The average Bonchev–Trinajstić information content (AvgIpc) is 2.88.